The Morgan fingerprint density at radius 1 is 0.793 bits per heavy atom. The van der Waals surface area contributed by atoms with Crippen molar-refractivity contribution in [2.24, 2.45) is 5.16 Å². The minimum atomic E-state index is 0.465. The fourth-order valence-electron chi connectivity index (χ4n) is 3.03. The van der Waals surface area contributed by atoms with Gasteiger partial charge in [-0.15, -0.1) is 0 Å². The molecule has 1 aromatic heterocycles. The average Bonchev–Trinajstić information content (AvgIpc) is 3.22. The molecule has 0 amide bonds. The van der Waals surface area contributed by atoms with Gasteiger partial charge in [-0.1, -0.05) is 96.2 Å². The van der Waals surface area contributed by atoms with Crippen molar-refractivity contribution in [2.45, 2.75) is 19.4 Å². The summed E-state index contributed by atoms with van der Waals surface area (Å²) in [5, 5.41) is 4.03. The van der Waals surface area contributed by atoms with Crippen LogP contribution in [0.1, 0.15) is 17.9 Å². The van der Waals surface area contributed by atoms with E-state index in [0.29, 0.717) is 25.3 Å². The lowest BCUT2D eigenvalue weighted by Gasteiger charge is -2.00. The molecule has 0 spiro atoms. The van der Waals surface area contributed by atoms with Gasteiger partial charge in [-0.3, -0.25) is 0 Å². The van der Waals surface area contributed by atoms with E-state index in [9.17, 15) is 0 Å². The quantitative estimate of drug-likeness (QED) is 0.271. The van der Waals surface area contributed by atoms with Gasteiger partial charge in [0.05, 0.1) is 0 Å². The van der Waals surface area contributed by atoms with Gasteiger partial charge in [-0.05, 0) is 12.0 Å². The second-order valence-electron chi connectivity index (χ2n) is 6.60. The molecule has 3 aromatic carbocycles. The predicted molar refractivity (Wildman–Crippen MR) is 115 cm³/mol. The Bertz CT molecular complexity index is 985. The SMILES string of the molecule is C(CCc1nc(-c2ccccc2)c(-c2ccccc2)o1)=NOCc1ccccc1. The molecule has 0 aliphatic rings. The van der Waals surface area contributed by atoms with Gasteiger partial charge in [0.1, 0.15) is 12.3 Å². The van der Waals surface area contributed by atoms with Crippen molar-refractivity contribution in [1.82, 2.24) is 4.98 Å². The van der Waals surface area contributed by atoms with Gasteiger partial charge in [0.2, 0.25) is 0 Å². The van der Waals surface area contributed by atoms with Gasteiger partial charge in [0, 0.05) is 23.8 Å². The van der Waals surface area contributed by atoms with Gasteiger partial charge in [0.15, 0.2) is 11.7 Å². The van der Waals surface area contributed by atoms with Crippen LogP contribution in [0.25, 0.3) is 22.6 Å². The molecule has 0 unspecified atom stereocenters. The molecule has 144 valence electrons. The fraction of sp³-hybridized carbons (Fsp3) is 0.120. The smallest absolute Gasteiger partial charge is 0.195 e. The van der Waals surface area contributed by atoms with Crippen LogP contribution in [0.5, 0.6) is 0 Å². The van der Waals surface area contributed by atoms with E-state index >= 15 is 0 Å². The van der Waals surface area contributed by atoms with Crippen LogP contribution in [0.2, 0.25) is 0 Å². The number of nitrogens with zero attached hydrogens (tertiary/aromatic N) is 2. The third-order valence-corrected chi connectivity index (χ3v) is 4.47. The first kappa shape index (κ1) is 18.7. The van der Waals surface area contributed by atoms with E-state index in [0.717, 1.165) is 28.1 Å². The van der Waals surface area contributed by atoms with Gasteiger partial charge >= 0.3 is 0 Å². The van der Waals surface area contributed by atoms with E-state index < -0.39 is 0 Å². The maximum Gasteiger partial charge on any atom is 0.195 e. The lowest BCUT2D eigenvalue weighted by molar-refractivity contribution is 0.131. The Labute approximate surface area is 170 Å². The minimum absolute atomic E-state index is 0.465. The maximum absolute atomic E-state index is 6.12. The van der Waals surface area contributed by atoms with Crippen LogP contribution in [0.15, 0.2) is 101 Å². The molecule has 0 atom stereocenters. The zero-order valence-electron chi connectivity index (χ0n) is 16.1. The van der Waals surface area contributed by atoms with Gasteiger partial charge in [-0.2, -0.15) is 0 Å². The van der Waals surface area contributed by atoms with Crippen LogP contribution >= 0.6 is 0 Å². The van der Waals surface area contributed by atoms with E-state index in [2.05, 4.69) is 5.16 Å². The van der Waals surface area contributed by atoms with Crippen LogP contribution in [0.3, 0.4) is 0 Å². The summed E-state index contributed by atoms with van der Waals surface area (Å²) < 4.78 is 6.12. The monoisotopic (exact) mass is 382 g/mol. The Morgan fingerprint density at radius 2 is 1.41 bits per heavy atom. The van der Waals surface area contributed by atoms with Crippen LogP contribution in [0.4, 0.5) is 0 Å². The lowest BCUT2D eigenvalue weighted by Crippen LogP contribution is -1.89. The molecule has 0 saturated heterocycles. The molecule has 29 heavy (non-hydrogen) atoms. The van der Waals surface area contributed by atoms with Crippen molar-refractivity contribution in [2.75, 3.05) is 0 Å². The van der Waals surface area contributed by atoms with E-state index in [4.69, 9.17) is 14.2 Å². The number of hydrogen-bond acceptors (Lipinski definition) is 4. The minimum Gasteiger partial charge on any atom is -0.440 e. The third kappa shape index (κ3) is 4.99. The number of benzene rings is 3. The summed E-state index contributed by atoms with van der Waals surface area (Å²) in [6, 6.07) is 30.2. The highest BCUT2D eigenvalue weighted by atomic mass is 16.6. The van der Waals surface area contributed by atoms with Gasteiger partial charge in [0.25, 0.3) is 0 Å². The zero-order chi connectivity index (χ0) is 19.7. The Balaban J connectivity index is 1.43. The molecule has 4 aromatic rings. The molecule has 4 heteroatoms. The second kappa shape index (κ2) is 9.51. The van der Waals surface area contributed by atoms with Crippen molar-refractivity contribution in [3.8, 4) is 22.6 Å². The number of aromatic nitrogens is 1. The summed E-state index contributed by atoms with van der Waals surface area (Å²) in [5.74, 6) is 1.49. The molecule has 4 rings (SSSR count). The van der Waals surface area contributed by atoms with Crippen molar-refractivity contribution < 1.29 is 9.25 Å². The molecule has 0 N–H and O–H groups in total. The standard InChI is InChI=1S/C25H22N2O2/c1-4-11-20(12-5-1)19-28-26-18-10-17-23-27-24(21-13-6-2-7-14-21)25(29-23)22-15-8-3-9-16-22/h1-9,11-16,18H,10,17,19H2. The average molecular weight is 382 g/mol. The highest BCUT2D eigenvalue weighted by Crippen LogP contribution is 2.32. The fourth-order valence-corrected chi connectivity index (χ4v) is 3.03. The van der Waals surface area contributed by atoms with Crippen LogP contribution in [-0.4, -0.2) is 11.2 Å². The predicted octanol–water partition coefficient (Wildman–Crippen LogP) is 6.14. The first-order valence-electron chi connectivity index (χ1n) is 9.68. The highest BCUT2D eigenvalue weighted by molar-refractivity contribution is 5.76. The number of rotatable bonds is 8. The van der Waals surface area contributed by atoms with Gasteiger partial charge in [-0.25, -0.2) is 4.98 Å². The summed E-state index contributed by atoms with van der Waals surface area (Å²) in [7, 11) is 0. The molecule has 0 aliphatic carbocycles. The maximum atomic E-state index is 6.12. The molecule has 0 bridgehead atoms. The molecule has 0 fully saturated rings. The number of aryl methyl sites for hydroxylation is 1. The first-order valence-corrected chi connectivity index (χ1v) is 9.68. The molecule has 4 nitrogen and oxygen atoms in total. The van der Waals surface area contributed by atoms with E-state index in [1.165, 1.54) is 0 Å². The van der Waals surface area contributed by atoms with Crippen molar-refractivity contribution in [1.29, 1.82) is 0 Å². The topological polar surface area (TPSA) is 47.6 Å². The number of hydrogen-bond donors (Lipinski definition) is 0. The second-order valence-corrected chi connectivity index (χ2v) is 6.60. The summed E-state index contributed by atoms with van der Waals surface area (Å²) in [4.78, 5) is 10.1. The molecular formula is C25H22N2O2. The Kier molecular flexibility index (Phi) is 6.13. The molecule has 1 heterocycles. The largest absolute Gasteiger partial charge is 0.440 e. The third-order valence-electron chi connectivity index (χ3n) is 4.47. The zero-order valence-corrected chi connectivity index (χ0v) is 16.1. The van der Waals surface area contributed by atoms with Crippen LogP contribution < -0.4 is 0 Å². The number of oxime groups is 1. The summed E-state index contributed by atoms with van der Waals surface area (Å²) in [6.07, 6.45) is 3.11. The molecule has 0 radical (unpaired) electrons. The van der Waals surface area contributed by atoms with E-state index in [1.54, 1.807) is 6.21 Å². The molecule has 0 saturated carbocycles. The molecular weight excluding hydrogens is 360 g/mol. The molecule has 0 aliphatic heterocycles. The number of oxazole rings is 1. The Morgan fingerprint density at radius 3 is 2.10 bits per heavy atom. The summed E-state index contributed by atoms with van der Waals surface area (Å²) >= 11 is 0. The van der Waals surface area contributed by atoms with Crippen molar-refractivity contribution >= 4 is 6.21 Å². The highest BCUT2D eigenvalue weighted by Gasteiger charge is 2.16. The van der Waals surface area contributed by atoms with Crippen LogP contribution in [-0.2, 0) is 17.9 Å². The van der Waals surface area contributed by atoms with Crippen molar-refractivity contribution in [3.63, 3.8) is 0 Å². The van der Waals surface area contributed by atoms with E-state index in [-0.39, 0.29) is 0 Å². The van der Waals surface area contributed by atoms with Gasteiger partial charge < -0.3 is 9.25 Å². The summed E-state index contributed by atoms with van der Waals surface area (Å²) in [5.41, 5.74) is 4.02. The van der Waals surface area contributed by atoms with Crippen LogP contribution in [0, 0.1) is 0 Å². The Hall–Kier alpha value is -3.66. The van der Waals surface area contributed by atoms with E-state index in [1.807, 2.05) is 91.0 Å². The lowest BCUT2D eigenvalue weighted by atomic mass is 10.1. The normalized spacial score (nSPS) is 11.0. The summed E-state index contributed by atoms with van der Waals surface area (Å²) in [6.45, 7) is 0.465. The van der Waals surface area contributed by atoms with Crippen molar-refractivity contribution in [3.05, 3.63) is 102 Å². The first-order chi connectivity index (χ1) is 14.4.